The van der Waals surface area contributed by atoms with Gasteiger partial charge in [-0.3, -0.25) is 4.79 Å². The number of pyridine rings is 1. The molecule has 0 saturated carbocycles. The molecular weight excluding hydrogens is 330 g/mol. The summed E-state index contributed by atoms with van der Waals surface area (Å²) in [4.78, 5) is 29.0. The summed E-state index contributed by atoms with van der Waals surface area (Å²) in [6.45, 7) is 1.62. The third-order valence-corrected chi connectivity index (χ3v) is 4.23. The van der Waals surface area contributed by atoms with Crippen LogP contribution in [0.3, 0.4) is 0 Å². The summed E-state index contributed by atoms with van der Waals surface area (Å²) >= 11 is 0. The third-order valence-electron chi connectivity index (χ3n) is 4.23. The molecule has 1 heterocycles. The number of hydrogen-bond donors (Lipinski definition) is 2. The van der Waals surface area contributed by atoms with Crippen LogP contribution in [0.2, 0.25) is 0 Å². The maximum Gasteiger partial charge on any atom is 0.326 e. The number of para-hydroxylation sites is 2. The highest BCUT2D eigenvalue weighted by Crippen LogP contribution is 2.26. The van der Waals surface area contributed by atoms with E-state index in [4.69, 9.17) is 5.26 Å². The van der Waals surface area contributed by atoms with Gasteiger partial charge < -0.3 is 10.4 Å². The smallest absolute Gasteiger partial charge is 0.326 e. The van der Waals surface area contributed by atoms with Crippen molar-refractivity contribution >= 4 is 33.7 Å². The molecule has 2 aromatic carbocycles. The van der Waals surface area contributed by atoms with E-state index >= 15 is 0 Å². The van der Waals surface area contributed by atoms with E-state index in [1.807, 2.05) is 42.5 Å². The van der Waals surface area contributed by atoms with Crippen LogP contribution in [0.4, 0.5) is 0 Å². The lowest BCUT2D eigenvalue weighted by Crippen LogP contribution is -2.41. The van der Waals surface area contributed by atoms with Crippen molar-refractivity contribution in [1.29, 1.82) is 5.26 Å². The summed E-state index contributed by atoms with van der Waals surface area (Å²) in [5.41, 5.74) is 1.71. The van der Waals surface area contributed by atoms with Crippen LogP contribution in [-0.2, 0) is 4.79 Å². The Morgan fingerprint density at radius 2 is 1.65 bits per heavy atom. The Hall–Kier alpha value is -3.46. The van der Waals surface area contributed by atoms with Crippen molar-refractivity contribution < 1.29 is 14.7 Å². The number of nitrogens with one attached hydrogen (secondary N) is 1. The minimum absolute atomic E-state index is 0.0402. The fourth-order valence-electron chi connectivity index (χ4n) is 2.94. The standard InChI is InChI=1S/C20H17N3O3/c1-12(11-21)10-17(20(25)26)23-19(24)18-13-6-2-4-8-15(13)22-16-9-5-3-7-14(16)18/h2-9,12,17H,10H2,1H3,(H,23,24)(H,25,26)/t12-,17+/m1/s1. The van der Waals surface area contributed by atoms with Gasteiger partial charge in [-0.1, -0.05) is 36.4 Å². The summed E-state index contributed by atoms with van der Waals surface area (Å²) in [6.07, 6.45) is 0.0402. The fourth-order valence-corrected chi connectivity index (χ4v) is 2.94. The molecule has 0 spiro atoms. The van der Waals surface area contributed by atoms with E-state index in [2.05, 4.69) is 10.3 Å². The van der Waals surface area contributed by atoms with Crippen molar-refractivity contribution in [3.8, 4) is 6.07 Å². The number of aromatic nitrogens is 1. The lowest BCUT2D eigenvalue weighted by Gasteiger charge is -2.17. The van der Waals surface area contributed by atoms with Crippen molar-refractivity contribution in [2.24, 2.45) is 5.92 Å². The zero-order valence-corrected chi connectivity index (χ0v) is 14.1. The Morgan fingerprint density at radius 1 is 1.12 bits per heavy atom. The first-order chi connectivity index (χ1) is 12.5. The number of hydrogen-bond acceptors (Lipinski definition) is 4. The van der Waals surface area contributed by atoms with Gasteiger partial charge in [-0.05, 0) is 25.5 Å². The molecule has 0 unspecified atom stereocenters. The second-order valence-electron chi connectivity index (χ2n) is 6.15. The largest absolute Gasteiger partial charge is 0.480 e. The number of fused-ring (bicyclic) bond motifs is 2. The van der Waals surface area contributed by atoms with Gasteiger partial charge in [0.25, 0.3) is 5.91 Å². The second kappa shape index (κ2) is 7.19. The molecule has 1 aromatic heterocycles. The summed E-state index contributed by atoms with van der Waals surface area (Å²) < 4.78 is 0. The predicted octanol–water partition coefficient (Wildman–Crippen LogP) is 3.12. The molecule has 0 aliphatic carbocycles. The second-order valence-corrected chi connectivity index (χ2v) is 6.15. The Morgan fingerprint density at radius 3 is 2.15 bits per heavy atom. The van der Waals surface area contributed by atoms with Crippen molar-refractivity contribution in [3.05, 3.63) is 54.1 Å². The minimum atomic E-state index is -1.16. The first-order valence-electron chi connectivity index (χ1n) is 8.22. The average Bonchev–Trinajstić information content (AvgIpc) is 2.65. The molecule has 0 bridgehead atoms. The van der Waals surface area contributed by atoms with Crippen molar-refractivity contribution in [1.82, 2.24) is 10.3 Å². The molecule has 26 heavy (non-hydrogen) atoms. The van der Waals surface area contributed by atoms with Gasteiger partial charge in [0.05, 0.1) is 22.7 Å². The van der Waals surface area contributed by atoms with Crippen molar-refractivity contribution in [3.63, 3.8) is 0 Å². The van der Waals surface area contributed by atoms with Gasteiger partial charge in [-0.15, -0.1) is 0 Å². The Balaban J connectivity index is 2.09. The van der Waals surface area contributed by atoms with Gasteiger partial charge in [0.15, 0.2) is 0 Å². The third kappa shape index (κ3) is 3.33. The number of carboxylic acids is 1. The van der Waals surface area contributed by atoms with Gasteiger partial charge in [-0.25, -0.2) is 9.78 Å². The number of carbonyl (C=O) groups excluding carboxylic acids is 1. The number of aliphatic carboxylic acids is 1. The molecule has 0 fully saturated rings. The van der Waals surface area contributed by atoms with E-state index in [-0.39, 0.29) is 6.42 Å². The maximum atomic E-state index is 13.0. The predicted molar refractivity (Wildman–Crippen MR) is 97.5 cm³/mol. The number of nitrogens with zero attached hydrogens (tertiary/aromatic N) is 2. The van der Waals surface area contributed by atoms with Crippen LogP contribution >= 0.6 is 0 Å². The molecule has 130 valence electrons. The van der Waals surface area contributed by atoms with Crippen LogP contribution in [0, 0.1) is 17.2 Å². The van der Waals surface area contributed by atoms with Gasteiger partial charge in [0.1, 0.15) is 6.04 Å². The highest BCUT2D eigenvalue weighted by atomic mass is 16.4. The average molecular weight is 347 g/mol. The molecule has 6 nitrogen and oxygen atoms in total. The number of rotatable bonds is 5. The SMILES string of the molecule is C[C@@H](C#N)C[C@H](NC(=O)c1c2ccccc2nc2ccccc12)C(=O)O. The summed E-state index contributed by atoms with van der Waals surface area (Å²) in [5, 5.41) is 22.2. The van der Waals surface area contributed by atoms with Gasteiger partial charge in [0.2, 0.25) is 0 Å². The lowest BCUT2D eigenvalue weighted by atomic mass is 10.00. The number of benzene rings is 2. The van der Waals surface area contributed by atoms with E-state index in [0.29, 0.717) is 27.4 Å². The monoisotopic (exact) mass is 347 g/mol. The molecule has 0 saturated heterocycles. The van der Waals surface area contributed by atoms with Gasteiger partial charge >= 0.3 is 5.97 Å². The number of nitriles is 1. The quantitative estimate of drug-likeness (QED) is 0.690. The van der Waals surface area contributed by atoms with Crippen LogP contribution < -0.4 is 5.32 Å². The summed E-state index contributed by atoms with van der Waals surface area (Å²) in [7, 11) is 0. The first-order valence-corrected chi connectivity index (χ1v) is 8.22. The summed E-state index contributed by atoms with van der Waals surface area (Å²) in [6, 6.07) is 15.3. The molecule has 2 atom stereocenters. The van der Waals surface area contributed by atoms with E-state index < -0.39 is 23.8 Å². The van der Waals surface area contributed by atoms with Crippen LogP contribution in [0.5, 0.6) is 0 Å². The van der Waals surface area contributed by atoms with Crippen molar-refractivity contribution in [2.75, 3.05) is 0 Å². The molecule has 1 amide bonds. The van der Waals surface area contributed by atoms with Crippen LogP contribution in [0.1, 0.15) is 23.7 Å². The van der Waals surface area contributed by atoms with Crippen LogP contribution in [0.15, 0.2) is 48.5 Å². The fraction of sp³-hybridized carbons (Fsp3) is 0.200. The van der Waals surface area contributed by atoms with Crippen LogP contribution in [0.25, 0.3) is 21.8 Å². The number of carbonyl (C=O) groups is 2. The zero-order chi connectivity index (χ0) is 18.7. The molecule has 0 aliphatic rings. The van der Waals surface area contributed by atoms with E-state index in [1.54, 1.807) is 19.1 Å². The topological polar surface area (TPSA) is 103 Å². The van der Waals surface area contributed by atoms with Crippen LogP contribution in [-0.4, -0.2) is 28.0 Å². The van der Waals surface area contributed by atoms with Crippen molar-refractivity contribution in [2.45, 2.75) is 19.4 Å². The number of amides is 1. The maximum absolute atomic E-state index is 13.0. The Bertz CT molecular complexity index is 985. The minimum Gasteiger partial charge on any atom is -0.480 e. The first kappa shape index (κ1) is 17.4. The molecule has 3 rings (SSSR count). The van der Waals surface area contributed by atoms with Gasteiger partial charge in [0, 0.05) is 16.7 Å². The highest BCUT2D eigenvalue weighted by Gasteiger charge is 2.25. The molecule has 6 heteroatoms. The Labute approximate surface area is 150 Å². The number of carboxylic acid groups (broad SMARTS) is 1. The van der Waals surface area contributed by atoms with E-state index in [1.165, 1.54) is 0 Å². The Kier molecular flexibility index (Phi) is 4.81. The molecular formula is C20H17N3O3. The van der Waals surface area contributed by atoms with E-state index in [9.17, 15) is 14.7 Å². The molecule has 0 aliphatic heterocycles. The zero-order valence-electron chi connectivity index (χ0n) is 14.1. The molecule has 0 radical (unpaired) electrons. The van der Waals surface area contributed by atoms with Gasteiger partial charge in [-0.2, -0.15) is 5.26 Å². The van der Waals surface area contributed by atoms with E-state index in [0.717, 1.165) is 0 Å². The highest BCUT2D eigenvalue weighted by molar-refractivity contribution is 6.16. The lowest BCUT2D eigenvalue weighted by molar-refractivity contribution is -0.139. The normalized spacial score (nSPS) is 13.1. The molecule has 3 aromatic rings. The molecule has 2 N–H and O–H groups in total. The summed E-state index contributed by atoms with van der Waals surface area (Å²) in [5.74, 6) is -2.14.